The number of carbonyl (C=O) groups excluding carboxylic acids is 2. The number of benzene rings is 2. The van der Waals surface area contributed by atoms with Gasteiger partial charge in [0.2, 0.25) is 11.8 Å². The molecule has 204 valence electrons. The first-order valence-electron chi connectivity index (χ1n) is 14.1. The fourth-order valence-electron chi connectivity index (χ4n) is 5.69. The number of amides is 2. The van der Waals surface area contributed by atoms with Crippen LogP contribution in [0.5, 0.6) is 0 Å². The van der Waals surface area contributed by atoms with Crippen molar-refractivity contribution < 1.29 is 9.59 Å². The normalized spacial score (nSPS) is 14.3. The molecule has 2 amide bonds. The van der Waals surface area contributed by atoms with Crippen LogP contribution in [0.25, 0.3) is 0 Å². The molecule has 6 nitrogen and oxygen atoms in total. The molecule has 1 saturated carbocycles. The van der Waals surface area contributed by atoms with Crippen molar-refractivity contribution in [2.75, 3.05) is 10.6 Å². The van der Waals surface area contributed by atoms with Crippen LogP contribution in [-0.2, 0) is 22.4 Å². The molecule has 0 spiro atoms. The lowest BCUT2D eigenvalue weighted by Crippen LogP contribution is -2.34. The Hall–Kier alpha value is -4.32. The Morgan fingerprint density at radius 3 is 1.32 bits per heavy atom. The van der Waals surface area contributed by atoms with E-state index in [-0.39, 0.29) is 17.2 Å². The van der Waals surface area contributed by atoms with Crippen LogP contribution >= 0.6 is 0 Å². The van der Waals surface area contributed by atoms with Crippen molar-refractivity contribution in [3.63, 3.8) is 0 Å². The number of hydrogen-bond donors (Lipinski definition) is 2. The highest BCUT2D eigenvalue weighted by Crippen LogP contribution is 2.42. The highest BCUT2D eigenvalue weighted by Gasteiger charge is 2.36. The second kappa shape index (κ2) is 13.2. The van der Waals surface area contributed by atoms with Gasteiger partial charge in [-0.1, -0.05) is 43.5 Å². The topological polar surface area (TPSA) is 84.0 Å². The molecule has 2 N–H and O–H groups in total. The Morgan fingerprint density at radius 2 is 0.925 bits per heavy atom. The van der Waals surface area contributed by atoms with Gasteiger partial charge in [0, 0.05) is 49.0 Å². The Kier molecular flexibility index (Phi) is 8.96. The van der Waals surface area contributed by atoms with E-state index in [4.69, 9.17) is 0 Å². The van der Waals surface area contributed by atoms with Gasteiger partial charge in [0.05, 0.1) is 0 Å². The predicted octanol–water partition coefficient (Wildman–Crippen LogP) is 6.97. The molecule has 40 heavy (non-hydrogen) atoms. The lowest BCUT2D eigenvalue weighted by molar-refractivity contribution is -0.122. The minimum absolute atomic E-state index is 0.0305. The summed E-state index contributed by atoms with van der Waals surface area (Å²) in [7, 11) is 0. The maximum atomic E-state index is 13.1. The molecular weight excluding hydrogens is 496 g/mol. The summed E-state index contributed by atoms with van der Waals surface area (Å²) in [6.07, 6.45) is 14.6. The van der Waals surface area contributed by atoms with Crippen molar-refractivity contribution in [2.45, 2.75) is 57.8 Å². The summed E-state index contributed by atoms with van der Waals surface area (Å²) in [4.78, 5) is 34.4. The van der Waals surface area contributed by atoms with Crippen LogP contribution in [0.1, 0.15) is 67.2 Å². The number of nitrogens with zero attached hydrogens (tertiary/aromatic N) is 2. The van der Waals surface area contributed by atoms with Crippen molar-refractivity contribution in [1.29, 1.82) is 0 Å². The largest absolute Gasteiger partial charge is 0.326 e. The first-order valence-corrected chi connectivity index (χ1v) is 14.1. The van der Waals surface area contributed by atoms with Gasteiger partial charge in [-0.2, -0.15) is 0 Å². The predicted molar refractivity (Wildman–Crippen MR) is 159 cm³/mol. The lowest BCUT2D eigenvalue weighted by Gasteiger charge is -2.36. The third kappa shape index (κ3) is 7.85. The molecule has 4 aromatic rings. The molecule has 1 aliphatic carbocycles. The number of aromatic nitrogens is 2. The van der Waals surface area contributed by atoms with E-state index in [2.05, 4.69) is 20.6 Å². The van der Waals surface area contributed by atoms with E-state index in [0.29, 0.717) is 12.8 Å². The van der Waals surface area contributed by atoms with Gasteiger partial charge in [-0.3, -0.25) is 19.6 Å². The molecule has 5 rings (SSSR count). The fourth-order valence-corrected chi connectivity index (χ4v) is 5.69. The zero-order chi connectivity index (χ0) is 27.6. The Labute approximate surface area is 236 Å². The summed E-state index contributed by atoms with van der Waals surface area (Å²) < 4.78 is 0. The summed E-state index contributed by atoms with van der Waals surface area (Å²) in [5.41, 5.74) is 6.01. The minimum atomic E-state index is -0.311. The fraction of sp³-hybridized carbons (Fsp3) is 0.294. The Bertz CT molecular complexity index is 1280. The zero-order valence-electron chi connectivity index (χ0n) is 22.8. The van der Waals surface area contributed by atoms with Crippen LogP contribution in [0.2, 0.25) is 0 Å². The van der Waals surface area contributed by atoms with Crippen LogP contribution < -0.4 is 10.6 Å². The number of hydrogen-bond acceptors (Lipinski definition) is 4. The first-order chi connectivity index (χ1) is 19.6. The van der Waals surface area contributed by atoms with Gasteiger partial charge in [-0.15, -0.1) is 0 Å². The number of pyridine rings is 2. The minimum Gasteiger partial charge on any atom is -0.326 e. The monoisotopic (exact) mass is 532 g/mol. The number of rotatable bonds is 10. The van der Waals surface area contributed by atoms with Gasteiger partial charge in [-0.25, -0.2) is 0 Å². The average Bonchev–Trinajstić information content (AvgIpc) is 2.96. The lowest BCUT2D eigenvalue weighted by atomic mass is 9.69. The van der Waals surface area contributed by atoms with Gasteiger partial charge in [0.1, 0.15) is 0 Å². The highest BCUT2D eigenvalue weighted by molar-refractivity contribution is 5.94. The summed E-state index contributed by atoms with van der Waals surface area (Å²) >= 11 is 0. The molecule has 0 unspecified atom stereocenters. The van der Waals surface area contributed by atoms with E-state index in [1.54, 1.807) is 24.8 Å². The quantitative estimate of drug-likeness (QED) is 0.231. The van der Waals surface area contributed by atoms with E-state index in [1.807, 2.05) is 72.8 Å². The van der Waals surface area contributed by atoms with E-state index < -0.39 is 0 Å². The van der Waals surface area contributed by atoms with Crippen molar-refractivity contribution in [1.82, 2.24) is 9.97 Å². The molecule has 1 aliphatic rings. The average molecular weight is 533 g/mol. The van der Waals surface area contributed by atoms with Gasteiger partial charge in [0.15, 0.2) is 0 Å². The summed E-state index contributed by atoms with van der Waals surface area (Å²) in [5.74, 6) is -0.0610. The summed E-state index contributed by atoms with van der Waals surface area (Å²) in [5, 5.41) is 6.14. The number of anilines is 2. The Balaban J connectivity index is 1.15. The SMILES string of the molecule is O=C(CC1(CC(=O)Nc2ccc(Cc3ccncc3)cc2)CCCCC1)Nc1ccc(Cc2ccncc2)cc1. The standard InChI is InChI=1S/C34H36N4O2/c39-32(37-30-8-4-26(5-9-30)22-28-12-18-35-19-13-28)24-34(16-2-1-3-17-34)25-33(40)38-31-10-6-27(7-11-31)23-29-14-20-36-21-15-29/h4-15,18-21H,1-3,16-17,22-25H2,(H,37,39)(H,38,40). The van der Waals surface area contributed by atoms with Crippen molar-refractivity contribution >= 4 is 23.2 Å². The van der Waals surface area contributed by atoms with Gasteiger partial charge in [0.25, 0.3) is 0 Å². The van der Waals surface area contributed by atoms with Crippen molar-refractivity contribution in [3.8, 4) is 0 Å². The van der Waals surface area contributed by atoms with E-state index in [9.17, 15) is 9.59 Å². The van der Waals surface area contributed by atoms with Crippen molar-refractivity contribution in [3.05, 3.63) is 120 Å². The summed E-state index contributed by atoms with van der Waals surface area (Å²) in [6, 6.07) is 24.0. The molecule has 6 heteroatoms. The molecule has 2 aromatic carbocycles. The van der Waals surface area contributed by atoms with Gasteiger partial charge >= 0.3 is 0 Å². The van der Waals surface area contributed by atoms with E-state index in [0.717, 1.165) is 56.3 Å². The van der Waals surface area contributed by atoms with E-state index in [1.165, 1.54) is 22.3 Å². The molecule has 0 radical (unpaired) electrons. The molecule has 2 aromatic heterocycles. The third-order valence-electron chi connectivity index (χ3n) is 7.78. The number of nitrogens with one attached hydrogen (secondary N) is 2. The maximum absolute atomic E-state index is 13.1. The molecule has 0 aliphatic heterocycles. The maximum Gasteiger partial charge on any atom is 0.224 e. The Morgan fingerprint density at radius 1 is 0.550 bits per heavy atom. The highest BCUT2D eigenvalue weighted by atomic mass is 16.2. The molecule has 0 atom stereocenters. The van der Waals surface area contributed by atoms with Crippen LogP contribution in [0.3, 0.4) is 0 Å². The van der Waals surface area contributed by atoms with Gasteiger partial charge in [-0.05, 0) is 102 Å². The molecule has 1 fully saturated rings. The molecule has 0 bridgehead atoms. The van der Waals surface area contributed by atoms with Crippen LogP contribution in [0.15, 0.2) is 97.6 Å². The second-order valence-corrected chi connectivity index (χ2v) is 11.0. The molecule has 0 saturated heterocycles. The summed E-state index contributed by atoms with van der Waals surface area (Å²) in [6.45, 7) is 0. The second-order valence-electron chi connectivity index (χ2n) is 11.0. The van der Waals surface area contributed by atoms with Crippen molar-refractivity contribution in [2.24, 2.45) is 5.41 Å². The third-order valence-corrected chi connectivity index (χ3v) is 7.78. The van der Waals surface area contributed by atoms with Crippen LogP contribution in [-0.4, -0.2) is 21.8 Å². The molecular formula is C34H36N4O2. The van der Waals surface area contributed by atoms with Crippen LogP contribution in [0, 0.1) is 5.41 Å². The first kappa shape index (κ1) is 27.3. The zero-order valence-corrected chi connectivity index (χ0v) is 22.8. The molecule has 2 heterocycles. The van der Waals surface area contributed by atoms with Gasteiger partial charge < -0.3 is 10.6 Å². The number of carbonyl (C=O) groups is 2. The van der Waals surface area contributed by atoms with Crippen LogP contribution in [0.4, 0.5) is 11.4 Å². The smallest absolute Gasteiger partial charge is 0.224 e. The van der Waals surface area contributed by atoms with E-state index >= 15 is 0 Å².